The summed E-state index contributed by atoms with van der Waals surface area (Å²) in [6.07, 6.45) is 1.71. The summed E-state index contributed by atoms with van der Waals surface area (Å²) in [5, 5.41) is 3.84. The van der Waals surface area contributed by atoms with Crippen molar-refractivity contribution >= 4 is 17.4 Å². The van der Waals surface area contributed by atoms with Gasteiger partial charge in [0.25, 0.3) is 0 Å². The zero-order valence-corrected chi connectivity index (χ0v) is 9.52. The molecule has 0 saturated carbocycles. The van der Waals surface area contributed by atoms with Crippen LogP contribution < -0.4 is 11.1 Å². The standard InChI is InChI=1S/C10H16ClN3/c1-10(2,3)14-9-8(11)7(6-12)4-5-13-9/h4-5H,6,12H2,1-3H3,(H,13,14). The van der Waals surface area contributed by atoms with Crippen molar-refractivity contribution in [2.45, 2.75) is 32.9 Å². The van der Waals surface area contributed by atoms with Crippen LogP contribution in [0.5, 0.6) is 0 Å². The van der Waals surface area contributed by atoms with E-state index in [2.05, 4.69) is 31.1 Å². The van der Waals surface area contributed by atoms with E-state index in [1.54, 1.807) is 6.20 Å². The van der Waals surface area contributed by atoms with Gasteiger partial charge in [-0.3, -0.25) is 0 Å². The van der Waals surface area contributed by atoms with Crippen molar-refractivity contribution in [3.8, 4) is 0 Å². The number of nitrogens with two attached hydrogens (primary N) is 1. The molecule has 0 aliphatic heterocycles. The first-order valence-electron chi connectivity index (χ1n) is 4.55. The Morgan fingerprint density at radius 1 is 1.50 bits per heavy atom. The minimum atomic E-state index is -0.0517. The van der Waals surface area contributed by atoms with Crippen LogP contribution in [-0.4, -0.2) is 10.5 Å². The van der Waals surface area contributed by atoms with Gasteiger partial charge in [0.05, 0.1) is 5.02 Å². The Morgan fingerprint density at radius 2 is 2.14 bits per heavy atom. The van der Waals surface area contributed by atoms with Crippen LogP contribution in [-0.2, 0) is 6.54 Å². The SMILES string of the molecule is CC(C)(C)Nc1nccc(CN)c1Cl. The molecule has 78 valence electrons. The molecule has 0 bridgehead atoms. The van der Waals surface area contributed by atoms with Crippen LogP contribution >= 0.6 is 11.6 Å². The second-order valence-electron chi connectivity index (χ2n) is 4.21. The summed E-state index contributed by atoms with van der Waals surface area (Å²) < 4.78 is 0. The summed E-state index contributed by atoms with van der Waals surface area (Å²) in [6.45, 7) is 6.60. The van der Waals surface area contributed by atoms with Crippen molar-refractivity contribution in [2.24, 2.45) is 5.73 Å². The van der Waals surface area contributed by atoms with E-state index in [4.69, 9.17) is 17.3 Å². The number of anilines is 1. The summed E-state index contributed by atoms with van der Waals surface area (Å²) >= 11 is 6.11. The minimum absolute atomic E-state index is 0.0517. The third-order valence-corrected chi connectivity index (χ3v) is 2.10. The van der Waals surface area contributed by atoms with Gasteiger partial charge in [0.1, 0.15) is 5.82 Å². The summed E-state index contributed by atoms with van der Waals surface area (Å²) in [4.78, 5) is 4.17. The molecular weight excluding hydrogens is 198 g/mol. The van der Waals surface area contributed by atoms with E-state index in [-0.39, 0.29) is 5.54 Å². The fourth-order valence-corrected chi connectivity index (χ4v) is 1.32. The highest BCUT2D eigenvalue weighted by Gasteiger charge is 2.13. The van der Waals surface area contributed by atoms with Gasteiger partial charge in [-0.15, -0.1) is 0 Å². The Morgan fingerprint density at radius 3 is 2.64 bits per heavy atom. The van der Waals surface area contributed by atoms with E-state index in [0.717, 1.165) is 5.56 Å². The van der Waals surface area contributed by atoms with E-state index in [1.165, 1.54) is 0 Å². The molecule has 0 aromatic carbocycles. The average Bonchev–Trinajstić information content (AvgIpc) is 2.06. The Kier molecular flexibility index (Phi) is 3.34. The van der Waals surface area contributed by atoms with Gasteiger partial charge in [-0.25, -0.2) is 4.98 Å². The van der Waals surface area contributed by atoms with Crippen LogP contribution in [0.15, 0.2) is 12.3 Å². The first kappa shape index (κ1) is 11.3. The van der Waals surface area contributed by atoms with Crippen LogP contribution in [0.25, 0.3) is 0 Å². The number of halogens is 1. The molecule has 0 atom stereocenters. The molecule has 0 fully saturated rings. The highest BCUT2D eigenvalue weighted by molar-refractivity contribution is 6.33. The van der Waals surface area contributed by atoms with Gasteiger partial charge in [0.2, 0.25) is 0 Å². The molecule has 4 heteroatoms. The van der Waals surface area contributed by atoms with Gasteiger partial charge in [-0.05, 0) is 32.4 Å². The van der Waals surface area contributed by atoms with Crippen molar-refractivity contribution in [1.82, 2.24) is 4.98 Å². The Hall–Kier alpha value is -0.800. The lowest BCUT2D eigenvalue weighted by Gasteiger charge is -2.22. The van der Waals surface area contributed by atoms with Crippen LogP contribution in [0.2, 0.25) is 5.02 Å². The van der Waals surface area contributed by atoms with E-state index in [1.807, 2.05) is 6.07 Å². The van der Waals surface area contributed by atoms with Crippen LogP contribution in [0.4, 0.5) is 5.82 Å². The summed E-state index contributed by atoms with van der Waals surface area (Å²) in [7, 11) is 0. The molecule has 1 aromatic heterocycles. The molecule has 0 aliphatic rings. The third kappa shape index (κ3) is 2.86. The summed E-state index contributed by atoms with van der Waals surface area (Å²) in [6, 6.07) is 1.83. The normalized spacial score (nSPS) is 11.5. The molecule has 1 aromatic rings. The maximum atomic E-state index is 6.11. The molecule has 1 rings (SSSR count). The number of nitrogens with one attached hydrogen (secondary N) is 1. The first-order valence-corrected chi connectivity index (χ1v) is 4.93. The van der Waals surface area contributed by atoms with Crippen molar-refractivity contribution in [2.75, 3.05) is 5.32 Å². The van der Waals surface area contributed by atoms with Crippen LogP contribution in [0.3, 0.4) is 0 Å². The highest BCUT2D eigenvalue weighted by atomic mass is 35.5. The van der Waals surface area contributed by atoms with Gasteiger partial charge < -0.3 is 11.1 Å². The molecule has 3 N–H and O–H groups in total. The van der Waals surface area contributed by atoms with Crippen LogP contribution in [0, 0.1) is 0 Å². The molecule has 0 radical (unpaired) electrons. The highest BCUT2D eigenvalue weighted by Crippen LogP contribution is 2.25. The first-order chi connectivity index (χ1) is 6.44. The quantitative estimate of drug-likeness (QED) is 0.793. The molecule has 0 aliphatic carbocycles. The van der Waals surface area contributed by atoms with Gasteiger partial charge in [0, 0.05) is 18.3 Å². The second-order valence-corrected chi connectivity index (χ2v) is 4.59. The number of hydrogen-bond acceptors (Lipinski definition) is 3. The van der Waals surface area contributed by atoms with Gasteiger partial charge >= 0.3 is 0 Å². The Labute approximate surface area is 89.7 Å². The maximum Gasteiger partial charge on any atom is 0.145 e. The predicted molar refractivity (Wildman–Crippen MR) is 60.5 cm³/mol. The molecule has 0 saturated heterocycles. The van der Waals surface area contributed by atoms with E-state index >= 15 is 0 Å². The number of rotatable bonds is 2. The molecule has 0 unspecified atom stereocenters. The molecule has 1 heterocycles. The zero-order valence-electron chi connectivity index (χ0n) is 8.76. The lowest BCUT2D eigenvalue weighted by atomic mass is 10.1. The minimum Gasteiger partial charge on any atom is -0.364 e. The summed E-state index contributed by atoms with van der Waals surface area (Å²) in [5.74, 6) is 0.696. The second kappa shape index (κ2) is 4.15. The topological polar surface area (TPSA) is 50.9 Å². The van der Waals surface area contributed by atoms with Crippen LogP contribution in [0.1, 0.15) is 26.3 Å². The number of nitrogens with zero attached hydrogens (tertiary/aromatic N) is 1. The maximum absolute atomic E-state index is 6.11. The monoisotopic (exact) mass is 213 g/mol. The number of pyridine rings is 1. The molecule has 3 nitrogen and oxygen atoms in total. The van der Waals surface area contributed by atoms with E-state index < -0.39 is 0 Å². The zero-order chi connectivity index (χ0) is 10.8. The van der Waals surface area contributed by atoms with Crippen molar-refractivity contribution < 1.29 is 0 Å². The van der Waals surface area contributed by atoms with Crippen molar-refractivity contribution in [3.63, 3.8) is 0 Å². The van der Waals surface area contributed by atoms with Gasteiger partial charge in [-0.1, -0.05) is 11.6 Å². The molecule has 14 heavy (non-hydrogen) atoms. The smallest absolute Gasteiger partial charge is 0.145 e. The fraction of sp³-hybridized carbons (Fsp3) is 0.500. The average molecular weight is 214 g/mol. The Bertz CT molecular complexity index is 318. The molecular formula is C10H16ClN3. The predicted octanol–water partition coefficient (Wildman–Crippen LogP) is 2.40. The number of hydrogen-bond donors (Lipinski definition) is 2. The lowest BCUT2D eigenvalue weighted by molar-refractivity contribution is 0.630. The van der Waals surface area contributed by atoms with Crippen molar-refractivity contribution in [3.05, 3.63) is 22.8 Å². The van der Waals surface area contributed by atoms with E-state index in [0.29, 0.717) is 17.4 Å². The molecule has 0 amide bonds. The number of aromatic nitrogens is 1. The van der Waals surface area contributed by atoms with E-state index in [9.17, 15) is 0 Å². The fourth-order valence-electron chi connectivity index (χ4n) is 1.08. The van der Waals surface area contributed by atoms with Crippen molar-refractivity contribution in [1.29, 1.82) is 0 Å². The van der Waals surface area contributed by atoms with Gasteiger partial charge in [0.15, 0.2) is 0 Å². The third-order valence-electron chi connectivity index (χ3n) is 1.68. The molecule has 0 spiro atoms. The van der Waals surface area contributed by atoms with Gasteiger partial charge in [-0.2, -0.15) is 0 Å². The lowest BCUT2D eigenvalue weighted by Crippen LogP contribution is -2.27. The Balaban J connectivity index is 2.98. The summed E-state index contributed by atoms with van der Waals surface area (Å²) in [5.41, 5.74) is 6.40. The largest absolute Gasteiger partial charge is 0.364 e.